The number of hydrogen-bond donors (Lipinski definition) is 1. The van der Waals surface area contributed by atoms with E-state index in [1.165, 1.54) is 19.2 Å². The third-order valence-electron chi connectivity index (χ3n) is 2.89. The van der Waals surface area contributed by atoms with Crippen LogP contribution >= 0.6 is 31.9 Å². The Labute approximate surface area is 132 Å². The first-order valence-electron chi connectivity index (χ1n) is 5.67. The second kappa shape index (κ2) is 6.20. The molecule has 2 aromatic rings. The van der Waals surface area contributed by atoms with Crippen LogP contribution in [0.1, 0.15) is 17.2 Å². The van der Waals surface area contributed by atoms with Crippen molar-refractivity contribution in [3.63, 3.8) is 0 Å². The van der Waals surface area contributed by atoms with E-state index >= 15 is 0 Å². The lowest BCUT2D eigenvalue weighted by molar-refractivity contribution is 0.412. The van der Waals surface area contributed by atoms with Crippen LogP contribution in [0.25, 0.3) is 0 Å². The van der Waals surface area contributed by atoms with Crippen molar-refractivity contribution in [1.29, 1.82) is 0 Å². The number of ether oxygens (including phenoxy) is 1. The summed E-state index contributed by atoms with van der Waals surface area (Å²) in [5, 5.41) is 0. The number of nitrogens with two attached hydrogens (primary N) is 1. The standard InChI is InChI=1S/C14H11Br2F2NO/c1-20-12-3-2-7(4-9(12)16)14(19)13-10(17)5-8(15)6-11(13)18/h2-6,14H,19H2,1H3. The van der Waals surface area contributed by atoms with Crippen LogP contribution in [0.4, 0.5) is 8.78 Å². The Balaban J connectivity index is 2.46. The monoisotopic (exact) mass is 405 g/mol. The van der Waals surface area contributed by atoms with Crippen molar-refractivity contribution in [2.24, 2.45) is 5.73 Å². The molecule has 20 heavy (non-hydrogen) atoms. The van der Waals surface area contributed by atoms with Crippen molar-refractivity contribution < 1.29 is 13.5 Å². The van der Waals surface area contributed by atoms with E-state index in [1.807, 2.05) is 0 Å². The largest absolute Gasteiger partial charge is 0.496 e. The van der Waals surface area contributed by atoms with Gasteiger partial charge in [-0.1, -0.05) is 22.0 Å². The van der Waals surface area contributed by atoms with Gasteiger partial charge in [0, 0.05) is 10.0 Å². The third-order valence-corrected chi connectivity index (χ3v) is 3.97. The van der Waals surface area contributed by atoms with Crippen molar-refractivity contribution in [3.05, 3.63) is 62.0 Å². The Morgan fingerprint density at radius 1 is 1.10 bits per heavy atom. The van der Waals surface area contributed by atoms with Gasteiger partial charge in [-0.15, -0.1) is 0 Å². The van der Waals surface area contributed by atoms with Crippen LogP contribution in [-0.2, 0) is 0 Å². The molecule has 0 bridgehead atoms. The quantitative estimate of drug-likeness (QED) is 0.811. The van der Waals surface area contributed by atoms with Gasteiger partial charge >= 0.3 is 0 Å². The number of hydrogen-bond acceptors (Lipinski definition) is 2. The lowest BCUT2D eigenvalue weighted by Crippen LogP contribution is -2.15. The topological polar surface area (TPSA) is 35.2 Å². The van der Waals surface area contributed by atoms with Gasteiger partial charge in [0.25, 0.3) is 0 Å². The predicted molar refractivity (Wildman–Crippen MR) is 80.8 cm³/mol. The normalized spacial score (nSPS) is 12.3. The molecule has 2 nitrogen and oxygen atoms in total. The lowest BCUT2D eigenvalue weighted by Gasteiger charge is -2.16. The summed E-state index contributed by atoms with van der Waals surface area (Å²) in [6.45, 7) is 0. The van der Waals surface area contributed by atoms with E-state index in [0.717, 1.165) is 0 Å². The highest BCUT2D eigenvalue weighted by Gasteiger charge is 2.20. The molecular weight excluding hydrogens is 396 g/mol. The van der Waals surface area contributed by atoms with Crippen molar-refractivity contribution in [2.45, 2.75) is 6.04 Å². The zero-order chi connectivity index (χ0) is 14.9. The zero-order valence-electron chi connectivity index (χ0n) is 10.5. The van der Waals surface area contributed by atoms with Crippen LogP contribution in [0, 0.1) is 11.6 Å². The summed E-state index contributed by atoms with van der Waals surface area (Å²) in [7, 11) is 1.54. The molecule has 1 unspecified atom stereocenters. The second-order valence-corrected chi connectivity index (χ2v) is 5.92. The average Bonchev–Trinajstić information content (AvgIpc) is 2.37. The minimum absolute atomic E-state index is 0.162. The van der Waals surface area contributed by atoms with E-state index in [9.17, 15) is 8.78 Å². The molecule has 1 atom stereocenters. The summed E-state index contributed by atoms with van der Waals surface area (Å²) in [5.74, 6) is -0.745. The Kier molecular flexibility index (Phi) is 4.78. The fourth-order valence-corrected chi connectivity index (χ4v) is 2.85. The predicted octanol–water partition coefficient (Wildman–Crippen LogP) is 4.55. The van der Waals surface area contributed by atoms with E-state index in [0.29, 0.717) is 20.3 Å². The number of benzene rings is 2. The first-order chi connectivity index (χ1) is 9.43. The zero-order valence-corrected chi connectivity index (χ0v) is 13.6. The van der Waals surface area contributed by atoms with Gasteiger partial charge in [-0.3, -0.25) is 0 Å². The average molecular weight is 407 g/mol. The maximum Gasteiger partial charge on any atom is 0.133 e. The highest BCUT2D eigenvalue weighted by atomic mass is 79.9. The first kappa shape index (κ1) is 15.4. The number of methoxy groups -OCH3 is 1. The van der Waals surface area contributed by atoms with Crippen LogP contribution in [0.15, 0.2) is 39.3 Å². The first-order valence-corrected chi connectivity index (χ1v) is 7.26. The molecule has 6 heteroatoms. The van der Waals surface area contributed by atoms with Crippen LogP contribution in [-0.4, -0.2) is 7.11 Å². The van der Waals surface area contributed by atoms with E-state index in [-0.39, 0.29) is 5.56 Å². The Hall–Kier alpha value is -0.980. The van der Waals surface area contributed by atoms with Crippen LogP contribution in [0.2, 0.25) is 0 Å². The SMILES string of the molecule is COc1ccc(C(N)c2c(F)cc(Br)cc2F)cc1Br. The maximum absolute atomic E-state index is 13.9. The number of rotatable bonds is 3. The second-order valence-electron chi connectivity index (χ2n) is 4.15. The highest BCUT2D eigenvalue weighted by molar-refractivity contribution is 9.10. The Bertz CT molecular complexity index is 626. The molecule has 0 saturated carbocycles. The van der Waals surface area contributed by atoms with E-state index in [1.54, 1.807) is 18.2 Å². The molecule has 2 rings (SSSR count). The molecule has 0 fully saturated rings. The van der Waals surface area contributed by atoms with Gasteiger partial charge in [-0.05, 0) is 45.8 Å². The summed E-state index contributed by atoms with van der Waals surface area (Å²) in [4.78, 5) is 0. The molecule has 2 N–H and O–H groups in total. The third kappa shape index (κ3) is 3.02. The molecule has 0 aliphatic carbocycles. The fourth-order valence-electron chi connectivity index (χ4n) is 1.89. The summed E-state index contributed by atoms with van der Waals surface area (Å²) < 4.78 is 33.9. The van der Waals surface area contributed by atoms with Gasteiger partial charge in [0.2, 0.25) is 0 Å². The Morgan fingerprint density at radius 2 is 1.70 bits per heavy atom. The van der Waals surface area contributed by atoms with Gasteiger partial charge in [0.15, 0.2) is 0 Å². The molecule has 0 aliphatic rings. The van der Waals surface area contributed by atoms with E-state index in [2.05, 4.69) is 31.9 Å². The summed E-state index contributed by atoms with van der Waals surface area (Å²) in [6, 6.07) is 6.53. The van der Waals surface area contributed by atoms with Crippen LogP contribution in [0.5, 0.6) is 5.75 Å². The van der Waals surface area contributed by atoms with Crippen LogP contribution in [0.3, 0.4) is 0 Å². The molecule has 106 valence electrons. The minimum Gasteiger partial charge on any atom is -0.496 e. The number of halogens is 4. The highest BCUT2D eigenvalue weighted by Crippen LogP contribution is 2.32. The molecule has 0 radical (unpaired) electrons. The van der Waals surface area contributed by atoms with Gasteiger partial charge in [0.1, 0.15) is 17.4 Å². The molecule has 0 spiro atoms. The van der Waals surface area contributed by atoms with E-state index < -0.39 is 17.7 Å². The minimum atomic E-state index is -0.898. The lowest BCUT2D eigenvalue weighted by atomic mass is 9.98. The van der Waals surface area contributed by atoms with Crippen molar-refractivity contribution in [1.82, 2.24) is 0 Å². The van der Waals surface area contributed by atoms with E-state index in [4.69, 9.17) is 10.5 Å². The molecule has 0 aromatic heterocycles. The summed E-state index contributed by atoms with van der Waals surface area (Å²) in [5.41, 5.74) is 6.39. The van der Waals surface area contributed by atoms with Crippen molar-refractivity contribution in [2.75, 3.05) is 7.11 Å². The molecule has 0 heterocycles. The molecular formula is C14H11Br2F2NO. The molecule has 0 saturated heterocycles. The fraction of sp³-hybridized carbons (Fsp3) is 0.143. The smallest absolute Gasteiger partial charge is 0.133 e. The Morgan fingerprint density at radius 3 is 2.20 bits per heavy atom. The molecule has 0 amide bonds. The van der Waals surface area contributed by atoms with Gasteiger partial charge in [-0.2, -0.15) is 0 Å². The van der Waals surface area contributed by atoms with Crippen LogP contribution < -0.4 is 10.5 Å². The van der Waals surface area contributed by atoms with Gasteiger partial charge < -0.3 is 10.5 Å². The van der Waals surface area contributed by atoms with Crippen molar-refractivity contribution in [3.8, 4) is 5.75 Å². The van der Waals surface area contributed by atoms with Crippen molar-refractivity contribution >= 4 is 31.9 Å². The maximum atomic E-state index is 13.9. The summed E-state index contributed by atoms with van der Waals surface area (Å²) >= 11 is 6.36. The molecule has 0 aliphatic heterocycles. The van der Waals surface area contributed by atoms with Gasteiger partial charge in [0.05, 0.1) is 17.6 Å². The van der Waals surface area contributed by atoms with Gasteiger partial charge in [-0.25, -0.2) is 8.78 Å². The molecule has 2 aromatic carbocycles. The summed E-state index contributed by atoms with van der Waals surface area (Å²) in [6.07, 6.45) is 0.